The molecule has 1 aliphatic rings. The third-order valence-corrected chi connectivity index (χ3v) is 6.58. The van der Waals surface area contributed by atoms with Crippen LogP contribution in [0.3, 0.4) is 0 Å². The fourth-order valence-electron chi connectivity index (χ4n) is 3.80. The highest BCUT2D eigenvalue weighted by atomic mass is 32.2. The van der Waals surface area contributed by atoms with Gasteiger partial charge in [-0.05, 0) is 36.2 Å². The molecule has 5 rings (SSSR count). The molecule has 4 aromatic rings. The predicted octanol–water partition coefficient (Wildman–Crippen LogP) is 4.52. The summed E-state index contributed by atoms with van der Waals surface area (Å²) in [5.74, 6) is 0.868. The lowest BCUT2D eigenvalue weighted by Gasteiger charge is -2.12. The van der Waals surface area contributed by atoms with Gasteiger partial charge in [-0.15, -0.1) is 11.8 Å². The Hall–Kier alpha value is -2.96. The highest BCUT2D eigenvalue weighted by molar-refractivity contribution is 7.99. The molecule has 0 amide bonds. The largest absolute Gasteiger partial charge is 0.360 e. The van der Waals surface area contributed by atoms with Gasteiger partial charge in [-0.25, -0.2) is 0 Å². The van der Waals surface area contributed by atoms with Crippen molar-refractivity contribution < 1.29 is 4.79 Å². The van der Waals surface area contributed by atoms with Crippen LogP contribution in [0.2, 0.25) is 0 Å². The van der Waals surface area contributed by atoms with E-state index in [1.54, 1.807) is 24.2 Å². The zero-order chi connectivity index (χ0) is 19.8. The quantitative estimate of drug-likeness (QED) is 0.493. The van der Waals surface area contributed by atoms with Crippen molar-refractivity contribution in [3.05, 3.63) is 83.9 Å². The Labute approximate surface area is 173 Å². The standard InChI is InChI=1S/C23H20N4OS/c1-14-4-2-9-25-21(14)15-6-7-17-18(12-26-19(17)10-15)22(28)20-13-29-23(27-20)16-5-3-8-24-11-16/h2-12,20,23,26-27H,13H2,1H3. The van der Waals surface area contributed by atoms with Crippen LogP contribution >= 0.6 is 11.8 Å². The van der Waals surface area contributed by atoms with Crippen LogP contribution in [0.1, 0.15) is 26.9 Å². The number of aromatic nitrogens is 3. The van der Waals surface area contributed by atoms with Crippen LogP contribution in [0.4, 0.5) is 0 Å². The minimum atomic E-state index is -0.207. The number of aryl methyl sites for hydroxylation is 1. The first-order valence-corrected chi connectivity index (χ1v) is 10.6. The molecule has 2 unspecified atom stereocenters. The topological polar surface area (TPSA) is 70.7 Å². The van der Waals surface area contributed by atoms with E-state index in [1.165, 1.54) is 0 Å². The summed E-state index contributed by atoms with van der Waals surface area (Å²) in [5.41, 5.74) is 5.91. The Morgan fingerprint density at radius 2 is 2.07 bits per heavy atom. The van der Waals surface area contributed by atoms with Gasteiger partial charge >= 0.3 is 0 Å². The monoisotopic (exact) mass is 400 g/mol. The third-order valence-electron chi connectivity index (χ3n) is 5.32. The van der Waals surface area contributed by atoms with Gasteiger partial charge < -0.3 is 4.98 Å². The minimum absolute atomic E-state index is 0.0987. The normalized spacial score (nSPS) is 18.9. The second-order valence-corrected chi connectivity index (χ2v) is 8.35. The van der Waals surface area contributed by atoms with Crippen LogP contribution in [0.5, 0.6) is 0 Å². The zero-order valence-electron chi connectivity index (χ0n) is 15.9. The molecule has 1 fully saturated rings. The number of benzene rings is 1. The number of ketones is 1. The number of hydrogen-bond donors (Lipinski definition) is 2. The van der Waals surface area contributed by atoms with Crippen LogP contribution in [0.25, 0.3) is 22.2 Å². The molecule has 0 spiro atoms. The SMILES string of the molecule is Cc1cccnc1-c1ccc2c(C(=O)C3CSC(c4cccnc4)N3)c[nH]c2c1. The van der Waals surface area contributed by atoms with E-state index in [-0.39, 0.29) is 17.2 Å². The van der Waals surface area contributed by atoms with Crippen LogP contribution in [0, 0.1) is 6.92 Å². The van der Waals surface area contributed by atoms with E-state index >= 15 is 0 Å². The third kappa shape index (κ3) is 3.34. The lowest BCUT2D eigenvalue weighted by atomic mass is 10.0. The van der Waals surface area contributed by atoms with E-state index in [1.807, 2.05) is 42.7 Å². The first kappa shape index (κ1) is 18.1. The van der Waals surface area contributed by atoms with Crippen molar-refractivity contribution in [2.24, 2.45) is 0 Å². The number of carbonyl (C=O) groups excluding carboxylic acids is 1. The van der Waals surface area contributed by atoms with Crippen LogP contribution in [0.15, 0.2) is 67.3 Å². The van der Waals surface area contributed by atoms with Crippen molar-refractivity contribution in [2.75, 3.05) is 5.75 Å². The van der Waals surface area contributed by atoms with Gasteiger partial charge in [-0.1, -0.05) is 24.3 Å². The molecule has 0 saturated carbocycles. The number of pyridine rings is 2. The molecule has 1 saturated heterocycles. The summed E-state index contributed by atoms with van der Waals surface area (Å²) >= 11 is 1.75. The van der Waals surface area contributed by atoms with Crippen molar-refractivity contribution in [1.29, 1.82) is 0 Å². The number of Topliss-reactive ketones (excluding diaryl/α,β-unsaturated/α-hetero) is 1. The summed E-state index contributed by atoms with van der Waals surface area (Å²) in [7, 11) is 0. The molecule has 0 radical (unpaired) electrons. The molecular formula is C23H20N4OS. The molecule has 2 atom stereocenters. The van der Waals surface area contributed by atoms with Gasteiger partial charge in [0.25, 0.3) is 0 Å². The maximum absolute atomic E-state index is 13.2. The highest BCUT2D eigenvalue weighted by Gasteiger charge is 2.32. The van der Waals surface area contributed by atoms with E-state index in [2.05, 4.69) is 39.3 Å². The molecule has 2 N–H and O–H groups in total. The number of aromatic amines is 1. The average molecular weight is 401 g/mol. The van der Waals surface area contributed by atoms with Gasteiger partial charge in [0.15, 0.2) is 5.78 Å². The lowest BCUT2D eigenvalue weighted by molar-refractivity contribution is 0.0957. The van der Waals surface area contributed by atoms with Crippen molar-refractivity contribution in [1.82, 2.24) is 20.3 Å². The summed E-state index contributed by atoms with van der Waals surface area (Å²) in [4.78, 5) is 25.1. The first-order chi connectivity index (χ1) is 14.2. The Balaban J connectivity index is 1.41. The summed E-state index contributed by atoms with van der Waals surface area (Å²) in [6, 6.07) is 13.9. The van der Waals surface area contributed by atoms with Crippen LogP contribution < -0.4 is 5.32 Å². The van der Waals surface area contributed by atoms with Crippen molar-refractivity contribution >= 4 is 28.4 Å². The Kier molecular flexibility index (Phi) is 4.66. The van der Waals surface area contributed by atoms with E-state index < -0.39 is 0 Å². The van der Waals surface area contributed by atoms with Gasteiger partial charge in [0.2, 0.25) is 0 Å². The Bertz CT molecular complexity index is 1190. The van der Waals surface area contributed by atoms with Crippen LogP contribution in [-0.2, 0) is 0 Å². The molecule has 144 valence electrons. The number of nitrogens with zero attached hydrogens (tertiary/aromatic N) is 2. The van der Waals surface area contributed by atoms with E-state index in [0.717, 1.165) is 44.6 Å². The van der Waals surface area contributed by atoms with E-state index in [4.69, 9.17) is 0 Å². The summed E-state index contributed by atoms with van der Waals surface area (Å²) in [5, 5.41) is 4.50. The summed E-state index contributed by atoms with van der Waals surface area (Å²) < 4.78 is 0. The number of nitrogens with one attached hydrogen (secondary N) is 2. The van der Waals surface area contributed by atoms with Crippen molar-refractivity contribution in [3.63, 3.8) is 0 Å². The second-order valence-electron chi connectivity index (χ2n) is 7.21. The highest BCUT2D eigenvalue weighted by Crippen LogP contribution is 2.34. The van der Waals surface area contributed by atoms with Gasteiger partial charge in [0.1, 0.15) is 0 Å². The second kappa shape index (κ2) is 7.46. The number of rotatable bonds is 4. The Morgan fingerprint density at radius 1 is 1.17 bits per heavy atom. The average Bonchev–Trinajstić information content (AvgIpc) is 3.41. The number of H-pyrrole nitrogens is 1. The first-order valence-electron chi connectivity index (χ1n) is 9.55. The molecule has 0 aliphatic carbocycles. The summed E-state index contributed by atoms with van der Waals surface area (Å²) in [6.07, 6.45) is 7.24. The fraction of sp³-hybridized carbons (Fsp3) is 0.174. The molecular weight excluding hydrogens is 380 g/mol. The fourth-order valence-corrected chi connectivity index (χ4v) is 5.02. The molecule has 4 heterocycles. The van der Waals surface area contributed by atoms with E-state index in [9.17, 15) is 4.79 Å². The zero-order valence-corrected chi connectivity index (χ0v) is 16.7. The Morgan fingerprint density at radius 3 is 2.90 bits per heavy atom. The number of carbonyl (C=O) groups is 1. The maximum Gasteiger partial charge on any atom is 0.182 e. The molecule has 5 nitrogen and oxygen atoms in total. The molecule has 3 aromatic heterocycles. The number of thioether (sulfide) groups is 1. The molecule has 1 aromatic carbocycles. The molecule has 6 heteroatoms. The molecule has 1 aliphatic heterocycles. The van der Waals surface area contributed by atoms with Crippen LogP contribution in [-0.4, -0.2) is 32.5 Å². The molecule has 29 heavy (non-hydrogen) atoms. The van der Waals surface area contributed by atoms with Crippen molar-refractivity contribution in [2.45, 2.75) is 18.3 Å². The van der Waals surface area contributed by atoms with Gasteiger partial charge in [-0.2, -0.15) is 0 Å². The van der Waals surface area contributed by atoms with Gasteiger partial charge in [-0.3, -0.25) is 20.1 Å². The minimum Gasteiger partial charge on any atom is -0.360 e. The van der Waals surface area contributed by atoms with Gasteiger partial charge in [0, 0.05) is 52.6 Å². The van der Waals surface area contributed by atoms with Crippen molar-refractivity contribution in [3.8, 4) is 11.3 Å². The number of fused-ring (bicyclic) bond motifs is 1. The number of hydrogen-bond acceptors (Lipinski definition) is 5. The predicted molar refractivity (Wildman–Crippen MR) is 117 cm³/mol. The molecule has 0 bridgehead atoms. The van der Waals surface area contributed by atoms with E-state index in [0.29, 0.717) is 0 Å². The lowest BCUT2D eigenvalue weighted by Crippen LogP contribution is -2.34. The summed E-state index contributed by atoms with van der Waals surface area (Å²) in [6.45, 7) is 2.05. The maximum atomic E-state index is 13.2. The smallest absolute Gasteiger partial charge is 0.182 e. The van der Waals surface area contributed by atoms with Gasteiger partial charge in [0.05, 0.1) is 17.1 Å².